The number of carbonyl (C=O) groups excluding carboxylic acids is 3. The maximum Gasteiger partial charge on any atom is 0.336 e. The molecule has 6 nitrogen and oxygen atoms in total. The van der Waals surface area contributed by atoms with Crippen LogP contribution in [0.1, 0.15) is 69.9 Å². The van der Waals surface area contributed by atoms with Crippen LogP contribution in [0, 0.1) is 6.92 Å². The van der Waals surface area contributed by atoms with Crippen LogP contribution < -0.4 is 5.32 Å². The lowest BCUT2D eigenvalue weighted by atomic mass is 9.83. The molecule has 0 bridgehead atoms. The summed E-state index contributed by atoms with van der Waals surface area (Å²) in [6.45, 7) is 8.37. The van der Waals surface area contributed by atoms with Gasteiger partial charge in [-0.2, -0.15) is 0 Å². The molecule has 1 atom stereocenters. The maximum atomic E-state index is 12.9. The van der Waals surface area contributed by atoms with Gasteiger partial charge in [0.05, 0.1) is 12.2 Å². The first-order valence-electron chi connectivity index (χ1n) is 10.9. The summed E-state index contributed by atoms with van der Waals surface area (Å²) in [5.74, 6) is -1.17. The van der Waals surface area contributed by atoms with Crippen molar-refractivity contribution in [3.63, 3.8) is 0 Å². The average molecular weight is 415 g/mol. The van der Waals surface area contributed by atoms with Gasteiger partial charge in [-0.15, -0.1) is 0 Å². The zero-order valence-corrected chi connectivity index (χ0v) is 18.6. The highest BCUT2D eigenvalue weighted by molar-refractivity contribution is 5.97. The van der Waals surface area contributed by atoms with Gasteiger partial charge < -0.3 is 15.0 Å². The minimum absolute atomic E-state index is 0.0815. The Hall–Kier alpha value is -2.63. The van der Waals surface area contributed by atoms with E-state index in [1.165, 1.54) is 4.90 Å². The molecule has 2 rings (SSSR count). The van der Waals surface area contributed by atoms with Crippen LogP contribution in [0.25, 0.3) is 0 Å². The summed E-state index contributed by atoms with van der Waals surface area (Å²) < 4.78 is 5.29. The van der Waals surface area contributed by atoms with Crippen molar-refractivity contribution in [1.82, 2.24) is 10.2 Å². The predicted octanol–water partition coefficient (Wildman–Crippen LogP) is 3.84. The molecule has 1 aromatic carbocycles. The molecular weight excluding hydrogens is 380 g/mol. The largest absolute Gasteiger partial charge is 0.463 e. The van der Waals surface area contributed by atoms with E-state index in [9.17, 15) is 14.4 Å². The van der Waals surface area contributed by atoms with Gasteiger partial charge >= 0.3 is 5.97 Å². The Morgan fingerprint density at radius 2 is 1.93 bits per heavy atom. The molecule has 2 amide bonds. The van der Waals surface area contributed by atoms with Crippen LogP contribution in [0.5, 0.6) is 0 Å². The molecule has 1 aliphatic rings. The molecule has 1 N–H and O–H groups in total. The van der Waals surface area contributed by atoms with Crippen molar-refractivity contribution in [2.75, 3.05) is 19.7 Å². The molecule has 0 radical (unpaired) electrons. The topological polar surface area (TPSA) is 75.7 Å². The first-order chi connectivity index (χ1) is 14.4. The predicted molar refractivity (Wildman–Crippen MR) is 117 cm³/mol. The number of nitrogens with one attached hydrogen (secondary N) is 1. The number of allylic oxidation sites excluding steroid dienone is 1. The molecular formula is C24H34N2O4. The summed E-state index contributed by atoms with van der Waals surface area (Å²) in [5.41, 5.74) is 2.92. The minimum Gasteiger partial charge on any atom is -0.463 e. The van der Waals surface area contributed by atoms with Crippen LogP contribution >= 0.6 is 0 Å². The van der Waals surface area contributed by atoms with Gasteiger partial charge in [-0.1, -0.05) is 56.0 Å². The Labute approximate surface area is 179 Å². The number of hydrogen-bond acceptors (Lipinski definition) is 4. The fourth-order valence-electron chi connectivity index (χ4n) is 3.83. The van der Waals surface area contributed by atoms with Crippen LogP contribution in [0.3, 0.4) is 0 Å². The number of benzene rings is 1. The highest BCUT2D eigenvalue weighted by atomic mass is 16.5. The number of nitrogens with zero attached hydrogens (tertiary/aromatic N) is 1. The van der Waals surface area contributed by atoms with E-state index in [-0.39, 0.29) is 37.3 Å². The van der Waals surface area contributed by atoms with E-state index in [0.717, 1.165) is 36.8 Å². The SMILES string of the molecule is CCCCCCNC(=O)CN1C(=O)C[C@H](c2cccc(C)c2)C(C(=O)OCC)=C1C. The molecule has 0 unspecified atom stereocenters. The first kappa shape index (κ1) is 23.6. The number of hydrogen-bond donors (Lipinski definition) is 1. The van der Waals surface area contributed by atoms with Gasteiger partial charge in [0.25, 0.3) is 0 Å². The Morgan fingerprint density at radius 1 is 1.17 bits per heavy atom. The number of ether oxygens (including phenoxy) is 1. The van der Waals surface area contributed by atoms with Crippen molar-refractivity contribution in [3.05, 3.63) is 46.7 Å². The van der Waals surface area contributed by atoms with E-state index < -0.39 is 5.97 Å². The molecule has 30 heavy (non-hydrogen) atoms. The highest BCUT2D eigenvalue weighted by Gasteiger charge is 2.37. The van der Waals surface area contributed by atoms with Gasteiger partial charge in [0.15, 0.2) is 0 Å². The van der Waals surface area contributed by atoms with Crippen molar-refractivity contribution in [3.8, 4) is 0 Å². The molecule has 0 spiro atoms. The number of esters is 1. The highest BCUT2D eigenvalue weighted by Crippen LogP contribution is 2.37. The molecule has 1 aromatic rings. The van der Waals surface area contributed by atoms with Crippen molar-refractivity contribution >= 4 is 17.8 Å². The van der Waals surface area contributed by atoms with Crippen LogP contribution in [-0.2, 0) is 19.1 Å². The molecule has 164 valence electrons. The van der Waals surface area contributed by atoms with Gasteiger partial charge in [-0.3, -0.25) is 9.59 Å². The van der Waals surface area contributed by atoms with E-state index in [4.69, 9.17) is 4.74 Å². The van der Waals surface area contributed by atoms with Crippen molar-refractivity contribution < 1.29 is 19.1 Å². The lowest BCUT2D eigenvalue weighted by Gasteiger charge is -2.34. The Kier molecular flexibility index (Phi) is 9.09. The van der Waals surface area contributed by atoms with Crippen LogP contribution in [0.15, 0.2) is 35.5 Å². The number of rotatable bonds is 10. The summed E-state index contributed by atoms with van der Waals surface area (Å²) in [6, 6.07) is 7.82. The van der Waals surface area contributed by atoms with Gasteiger partial charge in [0.1, 0.15) is 6.54 Å². The smallest absolute Gasteiger partial charge is 0.336 e. The zero-order chi connectivity index (χ0) is 22.1. The van der Waals surface area contributed by atoms with E-state index in [2.05, 4.69) is 12.2 Å². The Balaban J connectivity index is 2.22. The fraction of sp³-hybridized carbons (Fsp3) is 0.542. The summed E-state index contributed by atoms with van der Waals surface area (Å²) in [4.78, 5) is 39.5. The zero-order valence-electron chi connectivity index (χ0n) is 18.6. The third-order valence-electron chi connectivity index (χ3n) is 5.42. The van der Waals surface area contributed by atoms with E-state index in [0.29, 0.717) is 17.8 Å². The normalized spacial score (nSPS) is 16.6. The maximum absolute atomic E-state index is 12.9. The lowest BCUT2D eigenvalue weighted by Crippen LogP contribution is -2.44. The molecule has 0 aliphatic carbocycles. The first-order valence-corrected chi connectivity index (χ1v) is 10.9. The number of amides is 2. The second kappa shape index (κ2) is 11.5. The van der Waals surface area contributed by atoms with Gasteiger partial charge in [-0.25, -0.2) is 4.79 Å². The summed E-state index contributed by atoms with van der Waals surface area (Å²) in [6.07, 6.45) is 4.42. The molecule has 1 heterocycles. The third kappa shape index (κ3) is 6.18. The summed E-state index contributed by atoms with van der Waals surface area (Å²) >= 11 is 0. The summed E-state index contributed by atoms with van der Waals surface area (Å²) in [5, 5.41) is 2.88. The minimum atomic E-state index is -0.432. The average Bonchev–Trinajstić information content (AvgIpc) is 2.70. The molecule has 0 saturated carbocycles. The van der Waals surface area contributed by atoms with Crippen LogP contribution in [0.4, 0.5) is 0 Å². The third-order valence-corrected chi connectivity index (χ3v) is 5.42. The van der Waals surface area contributed by atoms with Crippen LogP contribution in [0.2, 0.25) is 0 Å². The molecule has 0 fully saturated rings. The Bertz CT molecular complexity index is 800. The monoisotopic (exact) mass is 414 g/mol. The van der Waals surface area contributed by atoms with Crippen molar-refractivity contribution in [2.24, 2.45) is 0 Å². The van der Waals surface area contributed by atoms with E-state index >= 15 is 0 Å². The van der Waals surface area contributed by atoms with Gasteiger partial charge in [0, 0.05) is 24.6 Å². The lowest BCUT2D eigenvalue weighted by molar-refractivity contribution is -0.141. The van der Waals surface area contributed by atoms with Crippen molar-refractivity contribution in [1.29, 1.82) is 0 Å². The quantitative estimate of drug-likeness (QED) is 0.466. The van der Waals surface area contributed by atoms with Crippen LogP contribution in [-0.4, -0.2) is 42.4 Å². The van der Waals surface area contributed by atoms with E-state index in [1.807, 2.05) is 31.2 Å². The van der Waals surface area contributed by atoms with Crippen molar-refractivity contribution in [2.45, 2.75) is 65.7 Å². The van der Waals surface area contributed by atoms with Gasteiger partial charge in [0.2, 0.25) is 11.8 Å². The van der Waals surface area contributed by atoms with E-state index in [1.54, 1.807) is 13.8 Å². The summed E-state index contributed by atoms with van der Waals surface area (Å²) in [7, 11) is 0. The molecule has 6 heteroatoms. The van der Waals surface area contributed by atoms with Gasteiger partial charge in [-0.05, 0) is 32.8 Å². The number of carbonyl (C=O) groups is 3. The second-order valence-electron chi connectivity index (χ2n) is 7.78. The molecule has 1 aliphatic heterocycles. The Morgan fingerprint density at radius 3 is 2.60 bits per heavy atom. The standard InChI is InChI=1S/C24H34N2O4/c1-5-7-8-9-13-25-21(27)16-26-18(4)23(24(29)30-6-2)20(15-22(26)28)19-12-10-11-17(3)14-19/h10-12,14,20H,5-9,13,15-16H2,1-4H3,(H,25,27)/t20-/m1/s1. The fourth-order valence-corrected chi connectivity index (χ4v) is 3.83. The molecule has 0 aromatic heterocycles. The molecule has 0 saturated heterocycles. The number of unbranched alkanes of at least 4 members (excludes halogenated alkanes) is 3. The second-order valence-corrected chi connectivity index (χ2v) is 7.78. The number of aryl methyl sites for hydroxylation is 1.